The molecule has 144 valence electrons. The lowest BCUT2D eigenvalue weighted by Gasteiger charge is -2.57. The summed E-state index contributed by atoms with van der Waals surface area (Å²) in [5.41, 5.74) is 0.979. The van der Waals surface area contributed by atoms with Crippen molar-refractivity contribution in [2.24, 2.45) is 22.7 Å². The van der Waals surface area contributed by atoms with Gasteiger partial charge in [0.1, 0.15) is 0 Å². The van der Waals surface area contributed by atoms with Gasteiger partial charge in [0.15, 0.2) is 0 Å². The Morgan fingerprint density at radius 1 is 1.38 bits per heavy atom. The van der Waals surface area contributed by atoms with Gasteiger partial charge in [-0.25, -0.2) is 9.59 Å². The van der Waals surface area contributed by atoms with Crippen LogP contribution in [-0.2, 0) is 19.1 Å². The zero-order valence-electron chi connectivity index (χ0n) is 16.2. The smallest absolute Gasteiger partial charge is 0.336 e. The molecule has 3 rings (SSSR count). The van der Waals surface area contributed by atoms with Crippen LogP contribution in [-0.4, -0.2) is 30.4 Å². The first-order valence-corrected chi connectivity index (χ1v) is 9.61. The lowest BCUT2D eigenvalue weighted by atomic mass is 9.46. The van der Waals surface area contributed by atoms with Gasteiger partial charge in [-0.3, -0.25) is 0 Å². The summed E-state index contributed by atoms with van der Waals surface area (Å²) in [6, 6.07) is 0. The van der Waals surface area contributed by atoms with Crippen LogP contribution in [0.3, 0.4) is 0 Å². The molecule has 5 heteroatoms. The molecule has 1 fully saturated rings. The maximum absolute atomic E-state index is 12.0. The molecule has 0 bridgehead atoms. The van der Waals surface area contributed by atoms with E-state index in [4.69, 9.17) is 9.47 Å². The van der Waals surface area contributed by atoms with E-state index in [0.717, 1.165) is 32.1 Å². The Hall–Kier alpha value is -1.62. The van der Waals surface area contributed by atoms with Gasteiger partial charge < -0.3 is 14.6 Å². The van der Waals surface area contributed by atoms with Crippen LogP contribution < -0.4 is 0 Å². The molecule has 0 aromatic heterocycles. The minimum absolute atomic E-state index is 0.00572. The number of cyclic esters (lactones) is 1. The van der Waals surface area contributed by atoms with Crippen molar-refractivity contribution < 1.29 is 24.2 Å². The fourth-order valence-corrected chi connectivity index (χ4v) is 5.59. The normalized spacial score (nSPS) is 39.7. The molecule has 5 atom stereocenters. The molecule has 0 unspecified atom stereocenters. The average Bonchev–Trinajstić information content (AvgIpc) is 2.96. The van der Waals surface area contributed by atoms with Crippen molar-refractivity contribution in [1.82, 2.24) is 0 Å². The first kappa shape index (κ1) is 19.2. The van der Waals surface area contributed by atoms with E-state index in [-0.39, 0.29) is 16.8 Å². The number of allylic oxidation sites excluding steroid dienone is 1. The standard InChI is InChI=1S/C21H30O5/c1-13-8-10-21(3)15(18(22)23)6-5-7-16(21)20(13,2)11-9-14-12-17(25-4)26-19(14)24/h6,12-13,16-17H,5,7-11H2,1-4H3,(H,22,23)/t13-,16-,17-,20+,21+/m1/s1. The molecular weight excluding hydrogens is 332 g/mol. The third-order valence-corrected chi connectivity index (χ3v) is 7.43. The van der Waals surface area contributed by atoms with Crippen molar-refractivity contribution in [1.29, 1.82) is 0 Å². The van der Waals surface area contributed by atoms with Gasteiger partial charge in [-0.1, -0.05) is 26.8 Å². The van der Waals surface area contributed by atoms with Gasteiger partial charge in [0.2, 0.25) is 6.29 Å². The lowest BCUT2D eigenvalue weighted by Crippen LogP contribution is -2.51. The molecule has 1 saturated carbocycles. The number of carboxylic acids is 1. The summed E-state index contributed by atoms with van der Waals surface area (Å²) in [5, 5.41) is 9.72. The molecule has 0 radical (unpaired) electrons. The van der Waals surface area contributed by atoms with Crippen LogP contribution in [0.4, 0.5) is 0 Å². The van der Waals surface area contributed by atoms with Crippen LogP contribution in [0, 0.1) is 22.7 Å². The van der Waals surface area contributed by atoms with Crippen LogP contribution in [0.15, 0.2) is 23.3 Å². The molecule has 1 aliphatic heterocycles. The second-order valence-electron chi connectivity index (χ2n) is 8.62. The minimum Gasteiger partial charge on any atom is -0.478 e. The van der Waals surface area contributed by atoms with Gasteiger partial charge >= 0.3 is 11.9 Å². The van der Waals surface area contributed by atoms with E-state index in [1.807, 2.05) is 6.08 Å². The fourth-order valence-electron chi connectivity index (χ4n) is 5.59. The molecule has 26 heavy (non-hydrogen) atoms. The van der Waals surface area contributed by atoms with E-state index in [0.29, 0.717) is 29.4 Å². The van der Waals surface area contributed by atoms with E-state index < -0.39 is 12.3 Å². The van der Waals surface area contributed by atoms with E-state index >= 15 is 0 Å². The van der Waals surface area contributed by atoms with Crippen molar-refractivity contribution in [2.45, 2.75) is 65.6 Å². The Morgan fingerprint density at radius 3 is 2.73 bits per heavy atom. The van der Waals surface area contributed by atoms with E-state index in [1.54, 1.807) is 6.08 Å². The largest absolute Gasteiger partial charge is 0.478 e. The second kappa shape index (κ2) is 6.84. The Bertz CT molecular complexity index is 663. The number of hydrogen-bond donors (Lipinski definition) is 1. The predicted molar refractivity (Wildman–Crippen MR) is 97.3 cm³/mol. The summed E-state index contributed by atoms with van der Waals surface area (Å²) in [6.07, 6.45) is 8.39. The van der Waals surface area contributed by atoms with Gasteiger partial charge in [0.25, 0.3) is 0 Å². The van der Waals surface area contributed by atoms with Crippen molar-refractivity contribution in [2.75, 3.05) is 7.11 Å². The molecule has 0 saturated heterocycles. The van der Waals surface area contributed by atoms with Crippen LogP contribution in [0.2, 0.25) is 0 Å². The lowest BCUT2D eigenvalue weighted by molar-refractivity contribution is -0.155. The third kappa shape index (κ3) is 3.00. The molecule has 0 aromatic carbocycles. The second-order valence-corrected chi connectivity index (χ2v) is 8.62. The van der Waals surface area contributed by atoms with E-state index in [2.05, 4.69) is 20.8 Å². The van der Waals surface area contributed by atoms with Crippen molar-refractivity contribution in [3.8, 4) is 0 Å². The summed E-state index contributed by atoms with van der Waals surface area (Å²) in [5.74, 6) is -0.267. The fraction of sp³-hybridized carbons (Fsp3) is 0.714. The summed E-state index contributed by atoms with van der Waals surface area (Å²) in [6.45, 7) is 6.70. The van der Waals surface area contributed by atoms with Gasteiger partial charge in [-0.2, -0.15) is 0 Å². The summed E-state index contributed by atoms with van der Waals surface area (Å²) < 4.78 is 10.3. The number of carboxylic acid groups (broad SMARTS) is 1. The van der Waals surface area contributed by atoms with Crippen LogP contribution >= 0.6 is 0 Å². The number of esters is 1. The number of hydrogen-bond acceptors (Lipinski definition) is 4. The van der Waals surface area contributed by atoms with Crippen molar-refractivity contribution in [3.63, 3.8) is 0 Å². The van der Waals surface area contributed by atoms with Crippen LogP contribution in [0.1, 0.15) is 59.3 Å². The highest BCUT2D eigenvalue weighted by Crippen LogP contribution is 2.62. The van der Waals surface area contributed by atoms with Gasteiger partial charge in [0.05, 0.1) is 0 Å². The topological polar surface area (TPSA) is 72.8 Å². The molecule has 2 aliphatic carbocycles. The van der Waals surface area contributed by atoms with Crippen molar-refractivity contribution >= 4 is 11.9 Å². The first-order valence-electron chi connectivity index (χ1n) is 9.61. The van der Waals surface area contributed by atoms with Crippen LogP contribution in [0.25, 0.3) is 0 Å². The minimum atomic E-state index is -0.779. The monoisotopic (exact) mass is 362 g/mol. The van der Waals surface area contributed by atoms with Gasteiger partial charge in [-0.15, -0.1) is 0 Å². The summed E-state index contributed by atoms with van der Waals surface area (Å²) in [7, 11) is 1.52. The summed E-state index contributed by atoms with van der Waals surface area (Å²) in [4.78, 5) is 23.9. The molecule has 5 nitrogen and oxygen atoms in total. The maximum atomic E-state index is 12.0. The molecule has 0 spiro atoms. The van der Waals surface area contributed by atoms with Crippen LogP contribution in [0.5, 0.6) is 0 Å². The Labute approximate surface area is 155 Å². The predicted octanol–water partition coefficient (Wildman–Crippen LogP) is 4.09. The molecule has 1 heterocycles. The number of carbonyl (C=O) groups is 2. The molecule has 1 N–H and O–H groups in total. The molecule has 0 amide bonds. The highest BCUT2D eigenvalue weighted by molar-refractivity contribution is 5.90. The molecular formula is C21H30O5. The summed E-state index contributed by atoms with van der Waals surface area (Å²) >= 11 is 0. The van der Waals surface area contributed by atoms with E-state index in [9.17, 15) is 14.7 Å². The number of ether oxygens (including phenoxy) is 2. The third-order valence-electron chi connectivity index (χ3n) is 7.43. The molecule has 3 aliphatic rings. The molecule has 0 aromatic rings. The SMILES string of the molecule is CO[C@H]1C=C(CC[C@@]2(C)[C@H](C)CC[C@@]3(C)C(C(=O)O)=CCC[C@H]23)C(=O)O1. The highest BCUT2D eigenvalue weighted by Gasteiger charge is 2.55. The van der Waals surface area contributed by atoms with Gasteiger partial charge in [0, 0.05) is 23.7 Å². The maximum Gasteiger partial charge on any atom is 0.336 e. The zero-order chi connectivity index (χ0) is 19.1. The number of aliphatic carboxylic acids is 1. The number of fused-ring (bicyclic) bond motifs is 1. The van der Waals surface area contributed by atoms with Gasteiger partial charge in [-0.05, 0) is 61.9 Å². The Morgan fingerprint density at radius 2 is 2.12 bits per heavy atom. The Kier molecular flexibility index (Phi) is 5.04. The van der Waals surface area contributed by atoms with E-state index in [1.165, 1.54) is 7.11 Å². The quantitative estimate of drug-likeness (QED) is 0.746. The highest BCUT2D eigenvalue weighted by atomic mass is 16.7. The first-order chi connectivity index (χ1) is 12.2. The van der Waals surface area contributed by atoms with Crippen molar-refractivity contribution in [3.05, 3.63) is 23.3 Å². The zero-order valence-corrected chi connectivity index (χ0v) is 16.2. The average molecular weight is 362 g/mol. The Balaban J connectivity index is 1.84. The number of methoxy groups -OCH3 is 1. The number of carbonyl (C=O) groups excluding carboxylic acids is 1. The number of rotatable bonds is 5.